The summed E-state index contributed by atoms with van der Waals surface area (Å²) in [5.74, 6) is 0.872. The van der Waals surface area contributed by atoms with Crippen LogP contribution in [-0.2, 0) is 0 Å². The molecule has 4 rings (SSSR count). The third-order valence-electron chi connectivity index (χ3n) is 4.47. The third-order valence-corrected chi connectivity index (χ3v) is 4.74. The quantitative estimate of drug-likeness (QED) is 0.798. The standard InChI is InChI=1S/C12H13ClN4O/c13-11-9-12(15-4-14-11)17(5-16-9)10-6-1-2-7(10)8(18)3-6/h4-8,10,18H,1-3H2. The Kier molecular flexibility index (Phi) is 2.17. The molecule has 0 spiro atoms. The van der Waals surface area contributed by atoms with Crippen molar-refractivity contribution in [3.63, 3.8) is 0 Å². The molecule has 2 fully saturated rings. The number of nitrogens with zero attached hydrogens (tertiary/aromatic N) is 4. The highest BCUT2D eigenvalue weighted by molar-refractivity contribution is 6.33. The summed E-state index contributed by atoms with van der Waals surface area (Å²) < 4.78 is 2.08. The molecular formula is C12H13ClN4O. The van der Waals surface area contributed by atoms with Gasteiger partial charge < -0.3 is 9.67 Å². The first-order valence-corrected chi connectivity index (χ1v) is 6.64. The lowest BCUT2D eigenvalue weighted by Crippen LogP contribution is -2.19. The molecule has 0 aromatic carbocycles. The Balaban J connectivity index is 1.87. The Morgan fingerprint density at radius 1 is 1.28 bits per heavy atom. The number of imidazole rings is 1. The predicted molar refractivity (Wildman–Crippen MR) is 66.2 cm³/mol. The fourth-order valence-corrected chi connectivity index (χ4v) is 3.91. The largest absolute Gasteiger partial charge is 0.393 e. The molecule has 2 aliphatic rings. The maximum atomic E-state index is 10.0. The highest BCUT2D eigenvalue weighted by atomic mass is 35.5. The molecule has 0 saturated heterocycles. The van der Waals surface area contributed by atoms with Gasteiger partial charge in [-0.15, -0.1) is 0 Å². The van der Waals surface area contributed by atoms with Crippen molar-refractivity contribution < 1.29 is 5.11 Å². The average Bonchev–Trinajstić information content (AvgIpc) is 3.00. The van der Waals surface area contributed by atoms with Crippen molar-refractivity contribution >= 4 is 22.8 Å². The van der Waals surface area contributed by atoms with Crippen molar-refractivity contribution in [2.75, 3.05) is 0 Å². The smallest absolute Gasteiger partial charge is 0.165 e. The predicted octanol–water partition coefficient (Wildman–Crippen LogP) is 1.81. The first kappa shape index (κ1) is 10.7. The molecule has 4 unspecified atom stereocenters. The lowest BCUT2D eigenvalue weighted by molar-refractivity contribution is 0.108. The van der Waals surface area contributed by atoms with Crippen molar-refractivity contribution in [3.8, 4) is 0 Å². The van der Waals surface area contributed by atoms with Crippen LogP contribution in [0.2, 0.25) is 5.15 Å². The summed E-state index contributed by atoms with van der Waals surface area (Å²) in [5, 5.41) is 10.4. The maximum Gasteiger partial charge on any atom is 0.165 e. The van der Waals surface area contributed by atoms with Gasteiger partial charge in [0.2, 0.25) is 0 Å². The lowest BCUT2D eigenvalue weighted by Gasteiger charge is -2.18. The van der Waals surface area contributed by atoms with Crippen molar-refractivity contribution in [1.82, 2.24) is 19.5 Å². The Morgan fingerprint density at radius 2 is 2.17 bits per heavy atom. The number of halogens is 1. The van der Waals surface area contributed by atoms with Crippen LogP contribution < -0.4 is 0 Å². The van der Waals surface area contributed by atoms with Crippen molar-refractivity contribution in [1.29, 1.82) is 0 Å². The van der Waals surface area contributed by atoms with E-state index in [0.717, 1.165) is 18.5 Å². The van der Waals surface area contributed by atoms with Crippen molar-refractivity contribution in [2.45, 2.75) is 31.4 Å². The van der Waals surface area contributed by atoms with Gasteiger partial charge in [-0.25, -0.2) is 15.0 Å². The molecule has 94 valence electrons. The van der Waals surface area contributed by atoms with E-state index in [2.05, 4.69) is 19.5 Å². The Hall–Kier alpha value is -1.20. The van der Waals surface area contributed by atoms with E-state index >= 15 is 0 Å². The van der Waals surface area contributed by atoms with Gasteiger partial charge in [-0.1, -0.05) is 11.6 Å². The van der Waals surface area contributed by atoms with Gasteiger partial charge in [0.05, 0.1) is 12.4 Å². The lowest BCUT2D eigenvalue weighted by atomic mass is 9.98. The molecule has 2 aromatic rings. The van der Waals surface area contributed by atoms with Crippen molar-refractivity contribution in [2.24, 2.45) is 11.8 Å². The SMILES string of the molecule is OC1CC2CCC1C2n1cnc2c(Cl)ncnc21. The van der Waals surface area contributed by atoms with Gasteiger partial charge in [-0.2, -0.15) is 0 Å². The second-order valence-electron chi connectivity index (χ2n) is 5.28. The number of aliphatic hydroxyl groups excluding tert-OH is 1. The van der Waals surface area contributed by atoms with Crippen LogP contribution in [-0.4, -0.2) is 30.7 Å². The Bertz CT molecular complexity index is 613. The summed E-state index contributed by atoms with van der Waals surface area (Å²) in [5.41, 5.74) is 1.44. The zero-order valence-electron chi connectivity index (χ0n) is 9.70. The molecule has 6 heteroatoms. The number of aliphatic hydroxyl groups is 1. The van der Waals surface area contributed by atoms with Gasteiger partial charge >= 0.3 is 0 Å². The zero-order valence-corrected chi connectivity index (χ0v) is 10.5. The molecule has 0 aliphatic heterocycles. The molecule has 2 aliphatic carbocycles. The summed E-state index contributed by atoms with van der Waals surface area (Å²) in [4.78, 5) is 12.5. The zero-order chi connectivity index (χ0) is 12.3. The fourth-order valence-electron chi connectivity index (χ4n) is 3.73. The van der Waals surface area contributed by atoms with Gasteiger partial charge in [0, 0.05) is 12.0 Å². The minimum atomic E-state index is -0.177. The van der Waals surface area contributed by atoms with E-state index in [0.29, 0.717) is 28.5 Å². The normalized spacial score (nSPS) is 34.6. The fraction of sp³-hybridized carbons (Fsp3) is 0.583. The third kappa shape index (κ3) is 1.29. The van der Waals surface area contributed by atoms with E-state index in [-0.39, 0.29) is 6.10 Å². The molecule has 0 radical (unpaired) electrons. The molecular weight excluding hydrogens is 252 g/mol. The van der Waals surface area contributed by atoms with E-state index in [1.807, 2.05) is 0 Å². The van der Waals surface area contributed by atoms with Crippen LogP contribution in [0.15, 0.2) is 12.7 Å². The van der Waals surface area contributed by atoms with Gasteiger partial charge in [-0.3, -0.25) is 0 Å². The molecule has 18 heavy (non-hydrogen) atoms. The van der Waals surface area contributed by atoms with Crippen LogP contribution in [0.1, 0.15) is 25.3 Å². The van der Waals surface area contributed by atoms with E-state index in [4.69, 9.17) is 11.6 Å². The van der Waals surface area contributed by atoms with Gasteiger partial charge in [0.15, 0.2) is 10.8 Å². The van der Waals surface area contributed by atoms with E-state index < -0.39 is 0 Å². The minimum Gasteiger partial charge on any atom is -0.393 e. The first-order chi connectivity index (χ1) is 8.75. The number of fused-ring (bicyclic) bond motifs is 3. The maximum absolute atomic E-state index is 10.0. The number of hydrogen-bond acceptors (Lipinski definition) is 4. The van der Waals surface area contributed by atoms with Gasteiger partial charge in [0.1, 0.15) is 11.8 Å². The van der Waals surface area contributed by atoms with Crippen LogP contribution in [0.4, 0.5) is 0 Å². The van der Waals surface area contributed by atoms with E-state index in [1.165, 1.54) is 12.7 Å². The molecule has 2 aromatic heterocycles. The Morgan fingerprint density at radius 3 is 2.89 bits per heavy atom. The van der Waals surface area contributed by atoms with Crippen LogP contribution >= 0.6 is 11.6 Å². The molecule has 5 nitrogen and oxygen atoms in total. The molecule has 4 atom stereocenters. The molecule has 2 saturated carbocycles. The molecule has 2 heterocycles. The second-order valence-corrected chi connectivity index (χ2v) is 5.64. The summed E-state index contributed by atoms with van der Waals surface area (Å²) >= 11 is 6.02. The van der Waals surface area contributed by atoms with Crippen LogP contribution in [0.5, 0.6) is 0 Å². The van der Waals surface area contributed by atoms with Crippen LogP contribution in [0.3, 0.4) is 0 Å². The summed E-state index contributed by atoms with van der Waals surface area (Å²) in [6.45, 7) is 0. The van der Waals surface area contributed by atoms with Crippen LogP contribution in [0, 0.1) is 11.8 Å². The average molecular weight is 265 g/mol. The summed E-state index contributed by atoms with van der Waals surface area (Å²) in [6.07, 6.45) is 6.26. The highest BCUT2D eigenvalue weighted by Gasteiger charge is 2.48. The number of aromatic nitrogens is 4. The molecule has 2 bridgehead atoms. The number of hydrogen-bond donors (Lipinski definition) is 1. The minimum absolute atomic E-state index is 0.177. The molecule has 0 amide bonds. The second kappa shape index (κ2) is 3.65. The summed E-state index contributed by atoms with van der Waals surface area (Å²) in [7, 11) is 0. The monoisotopic (exact) mass is 264 g/mol. The molecule has 1 N–H and O–H groups in total. The van der Waals surface area contributed by atoms with E-state index in [1.54, 1.807) is 6.33 Å². The Labute approximate surface area is 109 Å². The van der Waals surface area contributed by atoms with Gasteiger partial charge in [0.25, 0.3) is 0 Å². The topological polar surface area (TPSA) is 63.8 Å². The first-order valence-electron chi connectivity index (χ1n) is 6.27. The number of rotatable bonds is 1. The van der Waals surface area contributed by atoms with Crippen LogP contribution in [0.25, 0.3) is 11.2 Å². The van der Waals surface area contributed by atoms with E-state index in [9.17, 15) is 5.11 Å². The van der Waals surface area contributed by atoms with Gasteiger partial charge in [-0.05, 0) is 25.2 Å². The highest BCUT2D eigenvalue weighted by Crippen LogP contribution is 2.52. The summed E-state index contributed by atoms with van der Waals surface area (Å²) in [6, 6.07) is 0.316. The van der Waals surface area contributed by atoms with Crippen molar-refractivity contribution in [3.05, 3.63) is 17.8 Å².